The predicted molar refractivity (Wildman–Crippen MR) is 72.8 cm³/mol. The summed E-state index contributed by atoms with van der Waals surface area (Å²) in [7, 11) is 3.97. The van der Waals surface area contributed by atoms with Gasteiger partial charge in [0.25, 0.3) is 0 Å². The van der Waals surface area contributed by atoms with Gasteiger partial charge in [0.15, 0.2) is 0 Å². The Morgan fingerprint density at radius 2 is 2.32 bits per heavy atom. The molecule has 1 aliphatic carbocycles. The Morgan fingerprint density at radius 3 is 2.89 bits per heavy atom. The van der Waals surface area contributed by atoms with E-state index in [2.05, 4.69) is 24.0 Å². The van der Waals surface area contributed by atoms with Crippen LogP contribution < -0.4 is 0 Å². The fraction of sp³-hybridized carbons (Fsp3) is 0.714. The lowest BCUT2D eigenvalue weighted by Crippen LogP contribution is -2.31. The van der Waals surface area contributed by atoms with Crippen molar-refractivity contribution < 1.29 is 9.53 Å². The van der Waals surface area contributed by atoms with Crippen molar-refractivity contribution in [3.8, 4) is 0 Å². The summed E-state index contributed by atoms with van der Waals surface area (Å²) in [6, 6.07) is 0.546. The van der Waals surface area contributed by atoms with Crippen LogP contribution in [0.4, 0.5) is 0 Å². The second kappa shape index (κ2) is 5.74. The first-order valence-corrected chi connectivity index (χ1v) is 6.92. The molecular weight excluding hydrogens is 242 g/mol. The van der Waals surface area contributed by atoms with Gasteiger partial charge in [-0.15, -0.1) is 0 Å². The van der Waals surface area contributed by atoms with E-state index in [1.54, 1.807) is 10.9 Å². The standard InChI is InChI=1S/C14H23N3O2/c1-5-19-14(18)12-8-15-17(4)13(12)9-16(3)10(2)11-6-7-11/h8,10-11H,5-7,9H2,1-4H3. The van der Waals surface area contributed by atoms with E-state index in [-0.39, 0.29) is 5.97 Å². The van der Waals surface area contributed by atoms with Crippen molar-refractivity contribution in [2.45, 2.75) is 39.3 Å². The molecule has 1 aromatic heterocycles. The van der Waals surface area contributed by atoms with E-state index < -0.39 is 0 Å². The number of hydrogen-bond donors (Lipinski definition) is 0. The van der Waals surface area contributed by atoms with Gasteiger partial charge < -0.3 is 4.74 Å². The topological polar surface area (TPSA) is 47.4 Å². The first-order valence-electron chi connectivity index (χ1n) is 6.92. The number of carbonyl (C=O) groups excluding carboxylic acids is 1. The van der Waals surface area contributed by atoms with Crippen LogP contribution in [0.1, 0.15) is 42.7 Å². The highest BCUT2D eigenvalue weighted by Gasteiger charge is 2.31. The van der Waals surface area contributed by atoms with Crippen LogP contribution >= 0.6 is 0 Å². The maximum Gasteiger partial charge on any atom is 0.341 e. The van der Waals surface area contributed by atoms with Gasteiger partial charge in [-0.3, -0.25) is 9.58 Å². The summed E-state index contributed by atoms with van der Waals surface area (Å²) in [5.74, 6) is 0.530. The smallest absolute Gasteiger partial charge is 0.341 e. The zero-order chi connectivity index (χ0) is 14.0. The van der Waals surface area contributed by atoms with E-state index in [0.29, 0.717) is 18.2 Å². The normalized spacial score (nSPS) is 16.7. The van der Waals surface area contributed by atoms with Crippen LogP contribution in [0.2, 0.25) is 0 Å². The molecule has 0 aliphatic heterocycles. The first-order chi connectivity index (χ1) is 9.04. The molecule has 0 saturated heterocycles. The monoisotopic (exact) mass is 265 g/mol. The van der Waals surface area contributed by atoms with Crippen LogP contribution in [-0.2, 0) is 18.3 Å². The molecular formula is C14H23N3O2. The Kier molecular flexibility index (Phi) is 4.24. The number of hydrogen-bond acceptors (Lipinski definition) is 4. The van der Waals surface area contributed by atoms with E-state index in [0.717, 1.165) is 18.2 Å². The first kappa shape index (κ1) is 14.1. The third-order valence-corrected chi connectivity index (χ3v) is 3.96. The number of nitrogens with zero attached hydrogens (tertiary/aromatic N) is 3. The second-order valence-electron chi connectivity index (χ2n) is 5.34. The Morgan fingerprint density at radius 1 is 1.63 bits per heavy atom. The van der Waals surface area contributed by atoms with Crippen molar-refractivity contribution >= 4 is 5.97 Å². The van der Waals surface area contributed by atoms with Gasteiger partial charge in [-0.1, -0.05) is 0 Å². The van der Waals surface area contributed by atoms with Crippen molar-refractivity contribution in [3.05, 3.63) is 17.5 Å². The molecule has 0 bridgehead atoms. The summed E-state index contributed by atoms with van der Waals surface area (Å²) in [6.45, 7) is 5.18. The average Bonchev–Trinajstić information content (AvgIpc) is 3.15. The summed E-state index contributed by atoms with van der Waals surface area (Å²) < 4.78 is 6.84. The van der Waals surface area contributed by atoms with Crippen LogP contribution in [0.25, 0.3) is 0 Å². The molecule has 0 amide bonds. The Balaban J connectivity index is 2.10. The minimum Gasteiger partial charge on any atom is -0.462 e. The van der Waals surface area contributed by atoms with Gasteiger partial charge in [-0.25, -0.2) is 4.79 Å². The van der Waals surface area contributed by atoms with E-state index in [1.165, 1.54) is 12.8 Å². The fourth-order valence-corrected chi connectivity index (χ4v) is 2.35. The van der Waals surface area contributed by atoms with Crippen molar-refractivity contribution in [3.63, 3.8) is 0 Å². The molecule has 1 unspecified atom stereocenters. The molecule has 5 heteroatoms. The third kappa shape index (κ3) is 3.15. The molecule has 0 spiro atoms. The van der Waals surface area contributed by atoms with Crippen LogP contribution in [0.5, 0.6) is 0 Å². The Bertz CT molecular complexity index is 452. The SMILES string of the molecule is CCOC(=O)c1cnn(C)c1CN(C)C(C)C1CC1. The van der Waals surface area contributed by atoms with Crippen LogP contribution in [0.3, 0.4) is 0 Å². The summed E-state index contributed by atoms with van der Waals surface area (Å²) in [6.07, 6.45) is 4.24. The highest BCUT2D eigenvalue weighted by molar-refractivity contribution is 5.90. The lowest BCUT2D eigenvalue weighted by atomic mass is 10.1. The summed E-state index contributed by atoms with van der Waals surface area (Å²) >= 11 is 0. The molecule has 1 saturated carbocycles. The number of carbonyl (C=O) groups is 1. The van der Waals surface area contributed by atoms with E-state index in [4.69, 9.17) is 4.74 Å². The molecule has 0 radical (unpaired) electrons. The number of aryl methyl sites for hydroxylation is 1. The van der Waals surface area contributed by atoms with E-state index in [9.17, 15) is 4.79 Å². The molecule has 106 valence electrons. The summed E-state index contributed by atoms with van der Waals surface area (Å²) in [5, 5.41) is 4.18. The van der Waals surface area contributed by atoms with Gasteiger partial charge in [0.1, 0.15) is 5.56 Å². The van der Waals surface area contributed by atoms with Gasteiger partial charge in [-0.05, 0) is 39.7 Å². The zero-order valence-corrected chi connectivity index (χ0v) is 12.2. The Labute approximate surface area is 114 Å². The van der Waals surface area contributed by atoms with Gasteiger partial charge in [0.2, 0.25) is 0 Å². The lowest BCUT2D eigenvalue weighted by Gasteiger charge is -2.24. The minimum atomic E-state index is -0.280. The summed E-state index contributed by atoms with van der Waals surface area (Å²) in [5.41, 5.74) is 1.51. The molecule has 19 heavy (non-hydrogen) atoms. The Hall–Kier alpha value is -1.36. The highest BCUT2D eigenvalue weighted by Crippen LogP contribution is 2.35. The van der Waals surface area contributed by atoms with Crippen LogP contribution in [0, 0.1) is 5.92 Å². The molecule has 0 N–H and O–H groups in total. The predicted octanol–water partition coefficient (Wildman–Crippen LogP) is 1.83. The quantitative estimate of drug-likeness (QED) is 0.736. The molecule has 1 fully saturated rings. The highest BCUT2D eigenvalue weighted by atomic mass is 16.5. The molecule has 5 nitrogen and oxygen atoms in total. The number of aromatic nitrogens is 2. The van der Waals surface area contributed by atoms with E-state index >= 15 is 0 Å². The third-order valence-electron chi connectivity index (χ3n) is 3.96. The van der Waals surface area contributed by atoms with Crippen molar-refractivity contribution in [1.82, 2.24) is 14.7 Å². The van der Waals surface area contributed by atoms with Crippen LogP contribution in [0.15, 0.2) is 6.20 Å². The van der Waals surface area contributed by atoms with Gasteiger partial charge in [-0.2, -0.15) is 5.10 Å². The molecule has 1 atom stereocenters. The maximum atomic E-state index is 11.9. The maximum absolute atomic E-state index is 11.9. The van der Waals surface area contributed by atoms with Gasteiger partial charge in [0, 0.05) is 19.6 Å². The number of ether oxygens (including phenoxy) is 1. The number of rotatable bonds is 6. The van der Waals surface area contributed by atoms with Crippen molar-refractivity contribution in [1.29, 1.82) is 0 Å². The van der Waals surface area contributed by atoms with Crippen molar-refractivity contribution in [2.75, 3.05) is 13.7 Å². The number of esters is 1. The molecule has 1 aromatic rings. The van der Waals surface area contributed by atoms with E-state index in [1.807, 2.05) is 14.0 Å². The van der Waals surface area contributed by atoms with Gasteiger partial charge >= 0.3 is 5.97 Å². The second-order valence-corrected chi connectivity index (χ2v) is 5.34. The van der Waals surface area contributed by atoms with Crippen LogP contribution in [-0.4, -0.2) is 40.3 Å². The summed E-state index contributed by atoms with van der Waals surface area (Å²) in [4.78, 5) is 14.2. The van der Waals surface area contributed by atoms with Gasteiger partial charge in [0.05, 0.1) is 18.5 Å². The minimum absolute atomic E-state index is 0.280. The van der Waals surface area contributed by atoms with Crippen molar-refractivity contribution in [2.24, 2.45) is 13.0 Å². The molecule has 2 rings (SSSR count). The lowest BCUT2D eigenvalue weighted by molar-refractivity contribution is 0.0523. The molecule has 0 aromatic carbocycles. The fourth-order valence-electron chi connectivity index (χ4n) is 2.35. The average molecular weight is 265 g/mol. The molecule has 1 aliphatic rings. The largest absolute Gasteiger partial charge is 0.462 e. The zero-order valence-electron chi connectivity index (χ0n) is 12.2. The molecule has 1 heterocycles.